The summed E-state index contributed by atoms with van der Waals surface area (Å²) >= 11 is 0. The van der Waals surface area contributed by atoms with E-state index in [1.807, 2.05) is 0 Å². The molecular weight excluding hydrogens is 492 g/mol. The maximum Gasteiger partial charge on any atom is 0.234 e. The van der Waals surface area contributed by atoms with Crippen LogP contribution >= 0.6 is 0 Å². The van der Waals surface area contributed by atoms with E-state index < -0.39 is 17.4 Å². The summed E-state index contributed by atoms with van der Waals surface area (Å²) < 4.78 is 0. The Labute approximate surface area is 242 Å². The van der Waals surface area contributed by atoms with Gasteiger partial charge in [-0.2, -0.15) is 29.3 Å². The predicted molar refractivity (Wildman–Crippen MR) is 160 cm³/mol. The zero-order valence-electron chi connectivity index (χ0n) is 26.9. The van der Waals surface area contributed by atoms with Gasteiger partial charge in [0.25, 0.3) is 0 Å². The highest BCUT2D eigenvalue weighted by molar-refractivity contribution is 4.75. The first-order chi connectivity index (χ1) is 19.0. The van der Waals surface area contributed by atoms with E-state index in [-0.39, 0.29) is 0 Å². The van der Waals surface area contributed by atoms with Crippen LogP contribution in [0.3, 0.4) is 0 Å². The summed E-state index contributed by atoms with van der Waals surface area (Å²) in [6, 6.07) is 0. The molecule has 1 aliphatic heterocycles. The van der Waals surface area contributed by atoms with Crippen molar-refractivity contribution in [2.75, 3.05) is 0 Å². The molecule has 0 unspecified atom stereocenters. The summed E-state index contributed by atoms with van der Waals surface area (Å²) in [5.41, 5.74) is 0. The van der Waals surface area contributed by atoms with Gasteiger partial charge in [0.2, 0.25) is 17.4 Å². The zero-order valence-corrected chi connectivity index (χ0v) is 26.9. The van der Waals surface area contributed by atoms with Gasteiger partial charge in [-0.15, -0.1) is 0 Å². The molecule has 0 spiro atoms. The highest BCUT2D eigenvalue weighted by atomic mass is 17.4. The maximum absolute atomic E-state index is 6.41. The van der Waals surface area contributed by atoms with Crippen LogP contribution in [-0.2, 0) is 29.3 Å². The minimum absolute atomic E-state index is 0.727. The third-order valence-corrected chi connectivity index (χ3v) is 8.00. The lowest BCUT2D eigenvalue weighted by Gasteiger charge is -2.35. The average Bonchev–Trinajstić information content (AvgIpc) is 2.99. The van der Waals surface area contributed by atoms with Gasteiger partial charge in [-0.05, 0) is 38.5 Å². The second kappa shape index (κ2) is 22.4. The molecule has 1 fully saturated rings. The fourth-order valence-electron chi connectivity index (χ4n) is 5.24. The molecular formula is C33H66O6. The first-order valence-electron chi connectivity index (χ1n) is 17.1. The fraction of sp³-hybridized carbons (Fsp3) is 1.00. The smallest absolute Gasteiger partial charge is 0.195 e. The second-order valence-electron chi connectivity index (χ2n) is 12.0. The van der Waals surface area contributed by atoms with Crippen LogP contribution < -0.4 is 0 Å². The van der Waals surface area contributed by atoms with Crippen molar-refractivity contribution in [3.63, 3.8) is 0 Å². The van der Waals surface area contributed by atoms with Gasteiger partial charge in [0.1, 0.15) is 0 Å². The lowest BCUT2D eigenvalue weighted by molar-refractivity contribution is -0.552. The maximum atomic E-state index is 6.41. The molecule has 0 amide bonds. The summed E-state index contributed by atoms with van der Waals surface area (Å²) in [4.78, 5) is 38.5. The number of rotatable bonds is 24. The van der Waals surface area contributed by atoms with E-state index in [9.17, 15) is 0 Å². The van der Waals surface area contributed by atoms with E-state index >= 15 is 0 Å². The van der Waals surface area contributed by atoms with Gasteiger partial charge in [0.15, 0.2) is 0 Å². The molecule has 0 aromatic carbocycles. The van der Waals surface area contributed by atoms with Gasteiger partial charge in [0.05, 0.1) is 0 Å². The molecule has 6 nitrogen and oxygen atoms in total. The van der Waals surface area contributed by atoms with E-state index in [0.717, 1.165) is 154 Å². The first kappa shape index (κ1) is 36.8. The lowest BCUT2D eigenvalue weighted by Crippen LogP contribution is -2.42. The topological polar surface area (TPSA) is 55.4 Å². The molecule has 6 heteroatoms. The van der Waals surface area contributed by atoms with E-state index in [0.29, 0.717) is 0 Å². The molecule has 0 aliphatic carbocycles. The minimum Gasteiger partial charge on any atom is -0.195 e. The summed E-state index contributed by atoms with van der Waals surface area (Å²) in [7, 11) is 0. The van der Waals surface area contributed by atoms with Crippen LogP contribution in [0.25, 0.3) is 0 Å². The quantitative estimate of drug-likeness (QED) is 0.0867. The molecule has 1 rings (SSSR count). The third-order valence-electron chi connectivity index (χ3n) is 8.00. The molecule has 1 saturated heterocycles. The van der Waals surface area contributed by atoms with Gasteiger partial charge < -0.3 is 0 Å². The molecule has 0 aromatic rings. The van der Waals surface area contributed by atoms with Crippen LogP contribution in [0, 0.1) is 0 Å². The summed E-state index contributed by atoms with van der Waals surface area (Å²) in [5, 5.41) is 0. The Bertz CT molecular complexity index is 430. The molecule has 1 aliphatic rings. The Morgan fingerprint density at radius 1 is 0.256 bits per heavy atom. The molecule has 0 bridgehead atoms. The fourth-order valence-corrected chi connectivity index (χ4v) is 5.24. The SMILES string of the molecule is CCCCCC1(CCCCC)OOC(CCCCC)(CCCCC)OOC(CCCCC)(CCCCC)OO1. The Kier molecular flexibility index (Phi) is 21.1. The Hall–Kier alpha value is -0.240. The Morgan fingerprint density at radius 3 is 0.538 bits per heavy atom. The van der Waals surface area contributed by atoms with Gasteiger partial charge in [-0.3, -0.25) is 0 Å². The van der Waals surface area contributed by atoms with Crippen LogP contribution in [0.4, 0.5) is 0 Å². The molecule has 1 heterocycles. The molecule has 0 N–H and O–H groups in total. The monoisotopic (exact) mass is 558 g/mol. The normalized spacial score (nSPS) is 18.9. The van der Waals surface area contributed by atoms with E-state index in [4.69, 9.17) is 29.3 Å². The van der Waals surface area contributed by atoms with Crippen molar-refractivity contribution in [2.45, 2.75) is 213 Å². The third kappa shape index (κ3) is 15.0. The van der Waals surface area contributed by atoms with Crippen molar-refractivity contribution in [2.24, 2.45) is 0 Å². The summed E-state index contributed by atoms with van der Waals surface area (Å²) in [6.45, 7) is 13.3. The van der Waals surface area contributed by atoms with Crippen LogP contribution in [0.1, 0.15) is 196 Å². The number of hydrogen-bond acceptors (Lipinski definition) is 6. The largest absolute Gasteiger partial charge is 0.234 e. The van der Waals surface area contributed by atoms with Crippen molar-refractivity contribution >= 4 is 0 Å². The van der Waals surface area contributed by atoms with Gasteiger partial charge in [0, 0.05) is 38.5 Å². The highest BCUT2D eigenvalue weighted by Gasteiger charge is 2.48. The minimum atomic E-state index is -0.969. The van der Waals surface area contributed by atoms with Gasteiger partial charge in [-0.1, -0.05) is 119 Å². The molecule has 0 saturated carbocycles. The standard InChI is InChI=1S/C33H66O6/c1-7-13-19-25-31(26-20-14-8-2)34-36-32(27-21-15-9-3,28-22-16-10-4)38-39-33(37-35-31,29-23-17-11-5)30-24-18-12-6/h7-30H2,1-6H3. The highest BCUT2D eigenvalue weighted by Crippen LogP contribution is 2.41. The summed E-state index contributed by atoms with van der Waals surface area (Å²) in [6.07, 6.45) is 23.8. The van der Waals surface area contributed by atoms with Crippen molar-refractivity contribution in [1.82, 2.24) is 0 Å². The van der Waals surface area contributed by atoms with Gasteiger partial charge in [-0.25, -0.2) is 0 Å². The zero-order chi connectivity index (χ0) is 28.7. The van der Waals surface area contributed by atoms with Crippen molar-refractivity contribution in [3.05, 3.63) is 0 Å². The van der Waals surface area contributed by atoms with Crippen molar-refractivity contribution < 1.29 is 29.3 Å². The van der Waals surface area contributed by atoms with Crippen LogP contribution in [0.2, 0.25) is 0 Å². The predicted octanol–water partition coefficient (Wildman–Crippen LogP) is 11.4. The number of unbranched alkanes of at least 4 members (excludes halogenated alkanes) is 12. The van der Waals surface area contributed by atoms with Crippen LogP contribution in [0.5, 0.6) is 0 Å². The van der Waals surface area contributed by atoms with Gasteiger partial charge >= 0.3 is 0 Å². The molecule has 39 heavy (non-hydrogen) atoms. The van der Waals surface area contributed by atoms with Crippen molar-refractivity contribution in [1.29, 1.82) is 0 Å². The molecule has 234 valence electrons. The molecule has 0 aromatic heterocycles. The van der Waals surface area contributed by atoms with E-state index in [1.165, 1.54) is 0 Å². The lowest BCUT2D eigenvalue weighted by atomic mass is 10.0. The first-order valence-corrected chi connectivity index (χ1v) is 17.1. The Balaban J connectivity index is 3.44. The second-order valence-corrected chi connectivity index (χ2v) is 12.0. The molecule has 0 atom stereocenters. The van der Waals surface area contributed by atoms with E-state index in [1.54, 1.807) is 0 Å². The van der Waals surface area contributed by atoms with Crippen LogP contribution in [0.15, 0.2) is 0 Å². The van der Waals surface area contributed by atoms with Crippen LogP contribution in [-0.4, -0.2) is 17.4 Å². The van der Waals surface area contributed by atoms with Crippen molar-refractivity contribution in [3.8, 4) is 0 Å². The molecule has 0 radical (unpaired) electrons. The number of hydrogen-bond donors (Lipinski definition) is 0. The summed E-state index contributed by atoms with van der Waals surface area (Å²) in [5.74, 6) is -2.91. The average molecular weight is 559 g/mol. The Morgan fingerprint density at radius 2 is 0.410 bits per heavy atom. The van der Waals surface area contributed by atoms with E-state index in [2.05, 4.69) is 41.5 Å².